The molecule has 0 radical (unpaired) electrons. The number of nitrogens with zero attached hydrogens (tertiary/aromatic N) is 3. The quantitative estimate of drug-likeness (QED) is 0.498. The van der Waals surface area contributed by atoms with Gasteiger partial charge in [-0.1, -0.05) is 0 Å². The lowest BCUT2D eigenvalue weighted by atomic mass is 9.84. The molecule has 2 unspecified atom stereocenters. The Kier molecular flexibility index (Phi) is 6.86. The predicted molar refractivity (Wildman–Crippen MR) is 120 cm³/mol. The Bertz CT molecular complexity index is 1020. The highest BCUT2D eigenvalue weighted by atomic mass is 19.4. The van der Waals surface area contributed by atoms with Crippen molar-refractivity contribution in [2.24, 2.45) is 0 Å². The SMILES string of the molecule is CC1(C)CC(Nc2nc(Nc3ccc(OCCO)c(C(F)(F)F)c3)ncc2F)CC2CCCN21. The van der Waals surface area contributed by atoms with Crippen LogP contribution in [0, 0.1) is 5.82 Å². The fourth-order valence-corrected chi connectivity index (χ4v) is 5.08. The van der Waals surface area contributed by atoms with Gasteiger partial charge in [0.25, 0.3) is 0 Å². The summed E-state index contributed by atoms with van der Waals surface area (Å²) in [5, 5.41) is 14.7. The number of anilines is 3. The summed E-state index contributed by atoms with van der Waals surface area (Å²) in [5.74, 6) is -1.03. The normalized spacial score (nSPS) is 22.3. The van der Waals surface area contributed by atoms with Gasteiger partial charge < -0.3 is 20.5 Å². The number of piperidine rings is 1. The molecule has 4 rings (SSSR count). The Balaban J connectivity index is 1.51. The van der Waals surface area contributed by atoms with Gasteiger partial charge in [-0.15, -0.1) is 0 Å². The van der Waals surface area contributed by atoms with Crippen LogP contribution in [-0.4, -0.2) is 57.4 Å². The first kappa shape index (κ1) is 24.5. The molecule has 1 aromatic carbocycles. The highest BCUT2D eigenvalue weighted by Crippen LogP contribution is 2.40. The third-order valence-corrected chi connectivity index (χ3v) is 6.43. The van der Waals surface area contributed by atoms with Crippen molar-refractivity contribution in [3.63, 3.8) is 0 Å². The zero-order valence-electron chi connectivity index (χ0n) is 19.1. The summed E-state index contributed by atoms with van der Waals surface area (Å²) >= 11 is 0. The van der Waals surface area contributed by atoms with Gasteiger partial charge in [-0.25, -0.2) is 9.37 Å². The monoisotopic (exact) mass is 483 g/mol. The number of hydrogen-bond acceptors (Lipinski definition) is 7. The number of ether oxygens (including phenoxy) is 1. The van der Waals surface area contributed by atoms with Crippen molar-refractivity contribution >= 4 is 17.5 Å². The summed E-state index contributed by atoms with van der Waals surface area (Å²) in [5.41, 5.74) is -0.950. The van der Waals surface area contributed by atoms with Gasteiger partial charge in [0.2, 0.25) is 5.95 Å². The Hall–Kier alpha value is -2.66. The van der Waals surface area contributed by atoms with E-state index < -0.39 is 29.9 Å². The largest absolute Gasteiger partial charge is 0.491 e. The van der Waals surface area contributed by atoms with Gasteiger partial charge in [-0.05, 0) is 64.3 Å². The summed E-state index contributed by atoms with van der Waals surface area (Å²) in [6.45, 7) is 4.78. The summed E-state index contributed by atoms with van der Waals surface area (Å²) in [6, 6.07) is 3.86. The lowest BCUT2D eigenvalue weighted by molar-refractivity contribution is -0.139. The molecule has 1 aromatic heterocycles. The molecule has 11 heteroatoms. The number of benzene rings is 1. The molecule has 2 atom stereocenters. The first-order valence-corrected chi connectivity index (χ1v) is 11.3. The first-order chi connectivity index (χ1) is 16.1. The van der Waals surface area contributed by atoms with Crippen LogP contribution in [-0.2, 0) is 6.18 Å². The van der Waals surface area contributed by atoms with E-state index in [9.17, 15) is 17.6 Å². The van der Waals surface area contributed by atoms with Crippen molar-refractivity contribution in [3.8, 4) is 5.75 Å². The Morgan fingerprint density at radius 3 is 2.82 bits per heavy atom. The molecule has 2 saturated heterocycles. The van der Waals surface area contributed by atoms with Crippen LogP contribution in [0.5, 0.6) is 5.75 Å². The second-order valence-electron chi connectivity index (χ2n) is 9.38. The summed E-state index contributed by atoms with van der Waals surface area (Å²) < 4.78 is 59.9. The highest BCUT2D eigenvalue weighted by molar-refractivity contribution is 5.59. The number of alkyl halides is 3. The molecule has 0 spiro atoms. The van der Waals surface area contributed by atoms with Crippen LogP contribution in [0.25, 0.3) is 0 Å². The Labute approximate surface area is 195 Å². The molecule has 2 aliphatic heterocycles. The third-order valence-electron chi connectivity index (χ3n) is 6.43. The van der Waals surface area contributed by atoms with Crippen molar-refractivity contribution in [3.05, 3.63) is 35.8 Å². The van der Waals surface area contributed by atoms with Crippen LogP contribution in [0.1, 0.15) is 45.1 Å². The highest BCUT2D eigenvalue weighted by Gasteiger charge is 2.43. The summed E-state index contributed by atoms with van der Waals surface area (Å²) in [7, 11) is 0. The number of nitrogens with one attached hydrogen (secondary N) is 2. The second-order valence-corrected chi connectivity index (χ2v) is 9.38. The first-order valence-electron chi connectivity index (χ1n) is 11.3. The van der Waals surface area contributed by atoms with Crippen molar-refractivity contribution < 1.29 is 27.4 Å². The molecule has 3 N–H and O–H groups in total. The molecule has 0 bridgehead atoms. The minimum absolute atomic E-state index is 0.0173. The van der Waals surface area contributed by atoms with E-state index in [0.29, 0.717) is 6.04 Å². The van der Waals surface area contributed by atoms with Gasteiger partial charge in [-0.2, -0.15) is 18.2 Å². The van der Waals surface area contributed by atoms with Crippen molar-refractivity contribution in [1.82, 2.24) is 14.9 Å². The van der Waals surface area contributed by atoms with E-state index >= 15 is 0 Å². The lowest BCUT2D eigenvalue weighted by Gasteiger charge is -2.47. The van der Waals surface area contributed by atoms with E-state index in [2.05, 4.69) is 39.3 Å². The van der Waals surface area contributed by atoms with Crippen LogP contribution in [0.4, 0.5) is 35.0 Å². The van der Waals surface area contributed by atoms with Crippen molar-refractivity contribution in [2.75, 3.05) is 30.4 Å². The van der Waals surface area contributed by atoms with Gasteiger partial charge in [0.15, 0.2) is 11.6 Å². The molecule has 2 aromatic rings. The second kappa shape index (κ2) is 9.53. The van der Waals surface area contributed by atoms with Crippen LogP contribution in [0.3, 0.4) is 0 Å². The number of aliphatic hydroxyl groups excluding tert-OH is 1. The lowest BCUT2D eigenvalue weighted by Crippen LogP contribution is -2.55. The standard InChI is InChI=1S/C23H29F4N5O2/c1-22(2)12-15(10-16-4-3-7-32(16)22)29-20-18(24)13-28-21(31-20)30-14-5-6-19(34-9-8-33)17(11-14)23(25,26)27/h5-6,11,13,15-16,33H,3-4,7-10,12H2,1-2H3,(H2,28,29,30,31). The van der Waals surface area contributed by atoms with Crippen molar-refractivity contribution in [2.45, 2.75) is 63.3 Å². The minimum Gasteiger partial charge on any atom is -0.491 e. The Morgan fingerprint density at radius 1 is 1.29 bits per heavy atom. The fraction of sp³-hybridized carbons (Fsp3) is 0.565. The number of halogens is 4. The maximum atomic E-state index is 14.5. The van der Waals surface area contributed by atoms with Gasteiger partial charge >= 0.3 is 6.18 Å². The van der Waals surface area contributed by atoms with Crippen LogP contribution < -0.4 is 15.4 Å². The molecule has 7 nitrogen and oxygen atoms in total. The Morgan fingerprint density at radius 2 is 2.09 bits per heavy atom. The topological polar surface area (TPSA) is 82.5 Å². The fourth-order valence-electron chi connectivity index (χ4n) is 5.08. The van der Waals surface area contributed by atoms with E-state index in [0.717, 1.165) is 50.6 Å². The smallest absolute Gasteiger partial charge is 0.420 e. The van der Waals surface area contributed by atoms with Gasteiger partial charge in [-0.3, -0.25) is 4.90 Å². The average Bonchev–Trinajstić information content (AvgIpc) is 3.24. The van der Waals surface area contributed by atoms with E-state index in [1.54, 1.807) is 0 Å². The molecule has 2 fully saturated rings. The molecular formula is C23H29F4N5O2. The maximum absolute atomic E-state index is 14.5. The number of aliphatic hydroxyl groups is 1. The maximum Gasteiger partial charge on any atom is 0.420 e. The zero-order valence-corrected chi connectivity index (χ0v) is 19.1. The minimum atomic E-state index is -4.67. The van der Waals surface area contributed by atoms with Gasteiger partial charge in [0.05, 0.1) is 18.4 Å². The number of rotatable bonds is 7. The van der Waals surface area contributed by atoms with Crippen molar-refractivity contribution in [1.29, 1.82) is 0 Å². The zero-order chi connectivity index (χ0) is 24.5. The van der Waals surface area contributed by atoms with E-state index in [1.807, 2.05) is 0 Å². The number of hydrogen-bond donors (Lipinski definition) is 3. The molecule has 34 heavy (non-hydrogen) atoms. The van der Waals surface area contributed by atoms with Gasteiger partial charge in [0, 0.05) is 23.3 Å². The third kappa shape index (κ3) is 5.35. The number of aromatic nitrogens is 2. The molecule has 2 aliphatic rings. The van der Waals surface area contributed by atoms with Crippen LogP contribution in [0.2, 0.25) is 0 Å². The van der Waals surface area contributed by atoms with E-state index in [-0.39, 0.29) is 35.6 Å². The van der Waals surface area contributed by atoms with Gasteiger partial charge in [0.1, 0.15) is 12.4 Å². The number of fused-ring (bicyclic) bond motifs is 1. The summed E-state index contributed by atoms with van der Waals surface area (Å²) in [4.78, 5) is 10.6. The van der Waals surface area contributed by atoms with E-state index in [1.165, 1.54) is 6.07 Å². The molecule has 186 valence electrons. The van der Waals surface area contributed by atoms with E-state index in [4.69, 9.17) is 9.84 Å². The summed E-state index contributed by atoms with van der Waals surface area (Å²) in [6.07, 6.45) is 0.290. The predicted octanol–water partition coefficient (Wildman–Crippen LogP) is 4.57. The molecular weight excluding hydrogens is 454 g/mol. The van der Waals surface area contributed by atoms with Crippen LogP contribution in [0.15, 0.2) is 24.4 Å². The molecule has 0 saturated carbocycles. The average molecular weight is 484 g/mol. The van der Waals surface area contributed by atoms with Crippen LogP contribution >= 0.6 is 0 Å². The molecule has 0 aliphatic carbocycles. The molecule has 0 amide bonds. The molecule has 3 heterocycles.